The summed E-state index contributed by atoms with van der Waals surface area (Å²) in [4.78, 5) is 25.3. The van der Waals surface area contributed by atoms with Crippen molar-refractivity contribution in [1.29, 1.82) is 0 Å². The van der Waals surface area contributed by atoms with Crippen LogP contribution in [0.1, 0.15) is 59.5 Å². The zero-order valence-electron chi connectivity index (χ0n) is 22.3. The molecule has 5 rings (SSSR count). The third kappa shape index (κ3) is 5.96. The maximum Gasteiger partial charge on any atom is 0.339 e. The monoisotopic (exact) mass is 606 g/mol. The number of carbonyl (C=O) groups excluding carboxylic acids is 1. The van der Waals surface area contributed by atoms with E-state index in [0.717, 1.165) is 18.4 Å². The molecule has 222 valence electrons. The van der Waals surface area contributed by atoms with Crippen molar-refractivity contribution in [3.8, 4) is 5.75 Å². The number of carboxylic acid groups (broad SMARTS) is 1. The van der Waals surface area contributed by atoms with Crippen LogP contribution in [0.3, 0.4) is 0 Å². The number of amides is 1. The topological polar surface area (TPSA) is 81.1 Å². The number of hydrogen-bond acceptors (Lipinski definition) is 5. The van der Waals surface area contributed by atoms with Crippen LogP contribution in [-0.4, -0.2) is 39.5 Å². The number of benzene rings is 3. The first-order valence-electron chi connectivity index (χ1n) is 13.5. The van der Waals surface area contributed by atoms with Crippen LogP contribution in [0.25, 0.3) is 0 Å². The lowest BCUT2D eigenvalue weighted by Crippen LogP contribution is -2.51. The number of phenols is 1. The summed E-state index contributed by atoms with van der Waals surface area (Å²) in [7, 11) is 0. The van der Waals surface area contributed by atoms with Gasteiger partial charge in [0.25, 0.3) is 0 Å². The lowest BCUT2D eigenvalue weighted by atomic mass is 9.84. The number of aromatic hydroxyl groups is 1. The maximum atomic E-state index is 14.1. The van der Waals surface area contributed by atoms with E-state index in [0.29, 0.717) is 17.9 Å². The number of carbonyl (C=O) groups is 2. The van der Waals surface area contributed by atoms with Crippen molar-refractivity contribution < 1.29 is 41.8 Å². The van der Waals surface area contributed by atoms with Crippen LogP contribution in [0.2, 0.25) is 0 Å². The molecule has 1 heterocycles. The summed E-state index contributed by atoms with van der Waals surface area (Å²) in [5.74, 6) is -12.7. The summed E-state index contributed by atoms with van der Waals surface area (Å²) in [6.45, 7) is 0.00945. The second kappa shape index (κ2) is 12.3. The largest absolute Gasteiger partial charge is 0.507 e. The van der Waals surface area contributed by atoms with Crippen LogP contribution in [-0.2, 0) is 11.3 Å². The summed E-state index contributed by atoms with van der Waals surface area (Å²) in [5.41, 5.74) is 1.91. The fourth-order valence-corrected chi connectivity index (χ4v) is 6.47. The molecule has 3 aromatic carbocycles. The Kier molecular flexibility index (Phi) is 8.74. The van der Waals surface area contributed by atoms with Crippen LogP contribution in [0.15, 0.2) is 47.4 Å². The van der Waals surface area contributed by atoms with Crippen molar-refractivity contribution in [2.45, 2.75) is 49.5 Å². The molecule has 2 fully saturated rings. The van der Waals surface area contributed by atoms with Gasteiger partial charge in [-0.05, 0) is 54.0 Å². The van der Waals surface area contributed by atoms with Gasteiger partial charge in [-0.1, -0.05) is 43.5 Å². The molecule has 1 saturated carbocycles. The SMILES string of the molecule is O=C(O)c1ccc(N(Cc2ccc(C3CCCCC3)cc2)C(=O)C2CN(Sc3c(F)c(F)c(F)c(F)c3F)C2)cc1O. The first kappa shape index (κ1) is 29.8. The van der Waals surface area contributed by atoms with E-state index >= 15 is 0 Å². The molecule has 1 amide bonds. The quantitative estimate of drug-likeness (QED) is 0.124. The van der Waals surface area contributed by atoms with E-state index in [1.807, 2.05) is 24.3 Å². The van der Waals surface area contributed by atoms with Gasteiger partial charge >= 0.3 is 5.97 Å². The molecule has 6 nitrogen and oxygen atoms in total. The average molecular weight is 607 g/mol. The summed E-state index contributed by atoms with van der Waals surface area (Å²) >= 11 is 0.337. The first-order chi connectivity index (χ1) is 20.0. The fourth-order valence-electron chi connectivity index (χ4n) is 5.36. The predicted molar refractivity (Wildman–Crippen MR) is 146 cm³/mol. The number of halogens is 5. The van der Waals surface area contributed by atoms with Gasteiger partial charge in [0.2, 0.25) is 11.7 Å². The highest BCUT2D eigenvalue weighted by molar-refractivity contribution is 7.97. The van der Waals surface area contributed by atoms with Gasteiger partial charge in [-0.25, -0.2) is 31.1 Å². The van der Waals surface area contributed by atoms with E-state index in [9.17, 15) is 41.8 Å². The third-order valence-corrected chi connectivity index (χ3v) is 8.87. The Labute approximate surface area is 242 Å². The van der Waals surface area contributed by atoms with Gasteiger partial charge < -0.3 is 15.1 Å². The highest BCUT2D eigenvalue weighted by Gasteiger charge is 2.39. The van der Waals surface area contributed by atoms with E-state index < -0.39 is 57.5 Å². The molecule has 1 aliphatic heterocycles. The minimum Gasteiger partial charge on any atom is -0.507 e. The van der Waals surface area contributed by atoms with Crippen LogP contribution in [0.4, 0.5) is 27.6 Å². The Balaban J connectivity index is 1.34. The second-order valence-electron chi connectivity index (χ2n) is 10.5. The summed E-state index contributed by atoms with van der Waals surface area (Å²) < 4.78 is 70.2. The van der Waals surface area contributed by atoms with Crippen LogP contribution in [0.5, 0.6) is 5.75 Å². The maximum absolute atomic E-state index is 14.1. The second-order valence-corrected chi connectivity index (χ2v) is 11.6. The van der Waals surface area contributed by atoms with Gasteiger partial charge in [0.15, 0.2) is 23.3 Å². The third-order valence-electron chi connectivity index (χ3n) is 7.77. The predicted octanol–water partition coefficient (Wildman–Crippen LogP) is 7.01. The average Bonchev–Trinajstić information content (AvgIpc) is 2.97. The van der Waals surface area contributed by atoms with Gasteiger partial charge in [-0.3, -0.25) is 4.79 Å². The lowest BCUT2D eigenvalue weighted by Gasteiger charge is -2.39. The zero-order chi connectivity index (χ0) is 30.1. The van der Waals surface area contributed by atoms with Crippen molar-refractivity contribution in [2.24, 2.45) is 5.92 Å². The van der Waals surface area contributed by atoms with E-state index in [1.165, 1.54) is 52.2 Å². The van der Waals surface area contributed by atoms with Crippen LogP contribution in [0, 0.1) is 35.0 Å². The Morgan fingerprint density at radius 1 is 0.857 bits per heavy atom. The van der Waals surface area contributed by atoms with Gasteiger partial charge in [-0.2, -0.15) is 0 Å². The van der Waals surface area contributed by atoms with Gasteiger partial charge in [-0.15, -0.1) is 0 Å². The molecule has 3 aromatic rings. The lowest BCUT2D eigenvalue weighted by molar-refractivity contribution is -0.125. The number of carboxylic acids is 1. The Morgan fingerprint density at radius 3 is 2.02 bits per heavy atom. The molecular formula is C30H27F5N2O4S. The molecule has 0 aromatic heterocycles. The summed E-state index contributed by atoms with van der Waals surface area (Å²) in [5, 5.41) is 19.6. The van der Waals surface area contributed by atoms with Crippen molar-refractivity contribution in [3.05, 3.63) is 88.2 Å². The molecule has 0 unspecified atom stereocenters. The molecule has 1 saturated heterocycles. The van der Waals surface area contributed by atoms with E-state index in [2.05, 4.69) is 0 Å². The fraction of sp³-hybridized carbons (Fsp3) is 0.333. The molecule has 0 radical (unpaired) electrons. The smallest absolute Gasteiger partial charge is 0.339 e. The number of nitrogens with zero attached hydrogens (tertiary/aromatic N) is 2. The van der Waals surface area contributed by atoms with Gasteiger partial charge in [0.05, 0.1) is 12.5 Å². The molecule has 0 bridgehead atoms. The van der Waals surface area contributed by atoms with Gasteiger partial charge in [0, 0.05) is 24.8 Å². The molecular weight excluding hydrogens is 579 g/mol. The van der Waals surface area contributed by atoms with Crippen molar-refractivity contribution >= 4 is 29.5 Å². The molecule has 12 heteroatoms. The molecule has 0 spiro atoms. The Hall–Kier alpha value is -3.64. The number of rotatable bonds is 8. The number of anilines is 1. The Bertz CT molecular complexity index is 1480. The molecule has 2 aliphatic rings. The summed E-state index contributed by atoms with van der Waals surface area (Å²) in [6, 6.07) is 11.7. The standard InChI is InChI=1S/C30H27F5N2O4S/c31-23-24(32)26(34)28(27(35)25(23)33)42-36-14-19(15-36)29(39)37(20-10-11-21(30(40)41)22(38)12-20)13-16-6-8-18(9-7-16)17-4-2-1-3-5-17/h6-12,17,19,38H,1-5,13-15H2,(H,40,41). The van der Waals surface area contributed by atoms with E-state index in [1.54, 1.807) is 0 Å². The van der Waals surface area contributed by atoms with Gasteiger partial charge in [0.1, 0.15) is 16.2 Å². The van der Waals surface area contributed by atoms with Crippen LogP contribution < -0.4 is 4.90 Å². The van der Waals surface area contributed by atoms with Crippen LogP contribution >= 0.6 is 11.9 Å². The van der Waals surface area contributed by atoms with Crippen molar-refractivity contribution in [3.63, 3.8) is 0 Å². The minimum atomic E-state index is -2.24. The normalized spacial score (nSPS) is 16.3. The molecule has 1 aliphatic carbocycles. The molecule has 0 atom stereocenters. The minimum absolute atomic E-state index is 0.0424. The highest BCUT2D eigenvalue weighted by Crippen LogP contribution is 2.38. The summed E-state index contributed by atoms with van der Waals surface area (Å²) in [6.07, 6.45) is 5.86. The van der Waals surface area contributed by atoms with Crippen molar-refractivity contribution in [2.75, 3.05) is 18.0 Å². The van der Waals surface area contributed by atoms with Crippen molar-refractivity contribution in [1.82, 2.24) is 4.31 Å². The highest BCUT2D eigenvalue weighted by atomic mass is 32.2. The first-order valence-corrected chi connectivity index (χ1v) is 14.2. The van der Waals surface area contributed by atoms with E-state index in [4.69, 9.17) is 0 Å². The number of aromatic carboxylic acids is 1. The number of hydrogen-bond donors (Lipinski definition) is 2. The molecule has 42 heavy (non-hydrogen) atoms. The Morgan fingerprint density at radius 2 is 1.45 bits per heavy atom. The zero-order valence-corrected chi connectivity index (χ0v) is 23.1. The molecule has 2 N–H and O–H groups in total. The van der Waals surface area contributed by atoms with E-state index in [-0.39, 0.29) is 30.9 Å².